The lowest BCUT2D eigenvalue weighted by Crippen LogP contribution is -2.24. The number of rotatable bonds is 6. The fraction of sp³-hybridized carbons (Fsp3) is 0.375. The summed E-state index contributed by atoms with van der Waals surface area (Å²) in [5, 5.41) is 4.02. The van der Waals surface area contributed by atoms with Crippen molar-refractivity contribution in [3.8, 4) is 0 Å². The Kier molecular flexibility index (Phi) is 5.21. The molecule has 2 nitrogen and oxygen atoms in total. The highest BCUT2D eigenvalue weighted by Crippen LogP contribution is 2.26. The third-order valence-electron chi connectivity index (χ3n) is 3.29. The number of furan rings is 1. The monoisotopic (exact) mass is 295 g/mol. The van der Waals surface area contributed by atoms with E-state index in [0.29, 0.717) is 11.4 Å². The topological polar surface area (TPSA) is 25.2 Å². The number of halogens is 2. The molecule has 0 aliphatic rings. The van der Waals surface area contributed by atoms with Crippen molar-refractivity contribution in [2.45, 2.75) is 32.7 Å². The Bertz CT molecular complexity index is 567. The van der Waals surface area contributed by atoms with Crippen LogP contribution in [0.15, 0.2) is 34.9 Å². The predicted molar refractivity (Wildman–Crippen MR) is 79.6 cm³/mol. The molecule has 0 bridgehead atoms. The van der Waals surface area contributed by atoms with Crippen LogP contribution in [0.2, 0.25) is 5.02 Å². The molecule has 1 N–H and O–H groups in total. The van der Waals surface area contributed by atoms with E-state index < -0.39 is 0 Å². The molecule has 4 heteroatoms. The maximum Gasteiger partial charge on any atom is 0.123 e. The number of aryl methyl sites for hydroxylation is 1. The van der Waals surface area contributed by atoms with E-state index in [2.05, 4.69) is 12.2 Å². The van der Waals surface area contributed by atoms with Crippen LogP contribution in [-0.4, -0.2) is 6.54 Å². The number of hydrogen-bond acceptors (Lipinski definition) is 2. The van der Waals surface area contributed by atoms with Crippen molar-refractivity contribution in [3.63, 3.8) is 0 Å². The maximum atomic E-state index is 13.4. The summed E-state index contributed by atoms with van der Waals surface area (Å²) in [7, 11) is 0. The van der Waals surface area contributed by atoms with E-state index in [1.54, 1.807) is 12.3 Å². The molecule has 1 aromatic carbocycles. The Labute approximate surface area is 123 Å². The van der Waals surface area contributed by atoms with Crippen molar-refractivity contribution < 1.29 is 8.81 Å². The van der Waals surface area contributed by atoms with Gasteiger partial charge in [0, 0.05) is 5.02 Å². The third kappa shape index (κ3) is 3.62. The number of benzene rings is 1. The molecule has 0 saturated carbocycles. The van der Waals surface area contributed by atoms with E-state index in [1.807, 2.05) is 13.0 Å². The van der Waals surface area contributed by atoms with Crippen molar-refractivity contribution in [2.24, 2.45) is 0 Å². The molecule has 108 valence electrons. The van der Waals surface area contributed by atoms with Gasteiger partial charge in [-0.2, -0.15) is 0 Å². The van der Waals surface area contributed by atoms with Gasteiger partial charge < -0.3 is 9.73 Å². The first-order valence-electron chi connectivity index (χ1n) is 6.83. The average molecular weight is 296 g/mol. The average Bonchev–Trinajstić information content (AvgIpc) is 2.84. The number of hydrogen-bond donors (Lipinski definition) is 1. The highest BCUT2D eigenvalue weighted by atomic mass is 35.5. The van der Waals surface area contributed by atoms with Gasteiger partial charge in [-0.05, 0) is 61.7 Å². The Morgan fingerprint density at radius 3 is 2.80 bits per heavy atom. The fourth-order valence-corrected chi connectivity index (χ4v) is 2.43. The van der Waals surface area contributed by atoms with Gasteiger partial charge in [-0.1, -0.05) is 18.5 Å². The molecule has 20 heavy (non-hydrogen) atoms. The van der Waals surface area contributed by atoms with Crippen LogP contribution in [0.5, 0.6) is 0 Å². The molecule has 0 amide bonds. The molecular weight excluding hydrogens is 277 g/mol. The van der Waals surface area contributed by atoms with Crippen LogP contribution in [0, 0.1) is 12.7 Å². The Hall–Kier alpha value is -1.32. The van der Waals surface area contributed by atoms with Crippen LogP contribution in [0.3, 0.4) is 0 Å². The van der Waals surface area contributed by atoms with Gasteiger partial charge in [-0.3, -0.25) is 0 Å². The standard InChI is InChI=1S/C16H19ClFNO/c1-3-7-19-15(16-11(2)6-8-20-16)10-12-9-13(18)4-5-14(12)17/h4-6,8-9,15,19H,3,7,10H2,1-2H3. The van der Waals surface area contributed by atoms with E-state index in [1.165, 1.54) is 12.1 Å². The lowest BCUT2D eigenvalue weighted by atomic mass is 10.0. The highest BCUT2D eigenvalue weighted by Gasteiger charge is 2.18. The van der Waals surface area contributed by atoms with Gasteiger partial charge in [0.1, 0.15) is 11.6 Å². The largest absolute Gasteiger partial charge is 0.467 e. The Morgan fingerprint density at radius 1 is 1.35 bits per heavy atom. The molecule has 0 saturated heterocycles. The van der Waals surface area contributed by atoms with Crippen LogP contribution in [0.25, 0.3) is 0 Å². The van der Waals surface area contributed by atoms with E-state index in [0.717, 1.165) is 29.9 Å². The molecule has 0 aliphatic heterocycles. The zero-order valence-corrected chi connectivity index (χ0v) is 12.5. The molecule has 0 aliphatic carbocycles. The van der Waals surface area contributed by atoms with Gasteiger partial charge in [-0.25, -0.2) is 4.39 Å². The zero-order chi connectivity index (χ0) is 14.5. The van der Waals surface area contributed by atoms with Crippen LogP contribution in [-0.2, 0) is 6.42 Å². The van der Waals surface area contributed by atoms with Crippen LogP contribution in [0.1, 0.15) is 36.3 Å². The van der Waals surface area contributed by atoms with Crippen molar-refractivity contribution in [3.05, 3.63) is 58.3 Å². The molecule has 0 spiro atoms. The van der Waals surface area contributed by atoms with E-state index in [-0.39, 0.29) is 11.9 Å². The van der Waals surface area contributed by atoms with Crippen molar-refractivity contribution in [1.82, 2.24) is 5.32 Å². The fourth-order valence-electron chi connectivity index (χ4n) is 2.24. The second-order valence-electron chi connectivity index (χ2n) is 4.91. The van der Waals surface area contributed by atoms with Gasteiger partial charge in [0.25, 0.3) is 0 Å². The molecule has 1 unspecified atom stereocenters. The predicted octanol–water partition coefficient (Wildman–Crippen LogP) is 4.66. The quantitative estimate of drug-likeness (QED) is 0.838. The van der Waals surface area contributed by atoms with E-state index >= 15 is 0 Å². The summed E-state index contributed by atoms with van der Waals surface area (Å²) in [6.45, 7) is 4.98. The molecule has 0 radical (unpaired) electrons. The first-order valence-corrected chi connectivity index (χ1v) is 7.21. The van der Waals surface area contributed by atoms with Crippen molar-refractivity contribution in [2.75, 3.05) is 6.54 Å². The van der Waals surface area contributed by atoms with Gasteiger partial charge in [0.15, 0.2) is 0 Å². The minimum Gasteiger partial charge on any atom is -0.467 e. The summed E-state index contributed by atoms with van der Waals surface area (Å²) in [6.07, 6.45) is 3.30. The Balaban J connectivity index is 2.23. The van der Waals surface area contributed by atoms with E-state index in [9.17, 15) is 4.39 Å². The summed E-state index contributed by atoms with van der Waals surface area (Å²) in [5.41, 5.74) is 1.88. The first kappa shape index (κ1) is 15.1. The highest BCUT2D eigenvalue weighted by molar-refractivity contribution is 6.31. The molecular formula is C16H19ClFNO. The molecule has 1 aromatic heterocycles. The zero-order valence-electron chi connectivity index (χ0n) is 11.7. The Morgan fingerprint density at radius 2 is 2.15 bits per heavy atom. The molecule has 2 rings (SSSR count). The maximum absolute atomic E-state index is 13.4. The van der Waals surface area contributed by atoms with Crippen molar-refractivity contribution in [1.29, 1.82) is 0 Å². The summed E-state index contributed by atoms with van der Waals surface area (Å²) in [6, 6.07) is 6.39. The second kappa shape index (κ2) is 6.91. The summed E-state index contributed by atoms with van der Waals surface area (Å²) >= 11 is 6.15. The molecule has 1 atom stereocenters. The molecule has 1 heterocycles. The lowest BCUT2D eigenvalue weighted by Gasteiger charge is -2.18. The molecule has 0 fully saturated rings. The van der Waals surface area contributed by atoms with Crippen molar-refractivity contribution >= 4 is 11.6 Å². The van der Waals surface area contributed by atoms with Crippen LogP contribution in [0.4, 0.5) is 4.39 Å². The van der Waals surface area contributed by atoms with E-state index in [4.69, 9.17) is 16.0 Å². The van der Waals surface area contributed by atoms with Gasteiger partial charge >= 0.3 is 0 Å². The normalized spacial score (nSPS) is 12.6. The second-order valence-corrected chi connectivity index (χ2v) is 5.32. The minimum absolute atomic E-state index is 0.00394. The van der Waals surface area contributed by atoms with Gasteiger partial charge in [0.2, 0.25) is 0 Å². The summed E-state index contributed by atoms with van der Waals surface area (Å²) < 4.78 is 18.9. The number of nitrogens with one attached hydrogen (secondary N) is 1. The summed E-state index contributed by atoms with van der Waals surface area (Å²) in [5.74, 6) is 0.619. The first-order chi connectivity index (χ1) is 9.61. The lowest BCUT2D eigenvalue weighted by molar-refractivity contribution is 0.407. The minimum atomic E-state index is -0.269. The smallest absolute Gasteiger partial charge is 0.123 e. The van der Waals surface area contributed by atoms with Gasteiger partial charge in [-0.15, -0.1) is 0 Å². The van der Waals surface area contributed by atoms with Crippen LogP contribution >= 0.6 is 11.6 Å². The SMILES string of the molecule is CCCNC(Cc1cc(F)ccc1Cl)c1occc1C. The van der Waals surface area contributed by atoms with Gasteiger partial charge in [0.05, 0.1) is 12.3 Å². The third-order valence-corrected chi connectivity index (χ3v) is 3.66. The molecule has 2 aromatic rings. The van der Waals surface area contributed by atoms with Crippen LogP contribution < -0.4 is 5.32 Å². The summed E-state index contributed by atoms with van der Waals surface area (Å²) in [4.78, 5) is 0.